The molecule has 1 unspecified atom stereocenters. The quantitative estimate of drug-likeness (QED) is 0.886. The van der Waals surface area contributed by atoms with Gasteiger partial charge in [-0.2, -0.15) is 0 Å². The largest absolute Gasteiger partial charge is 0.351 e. The highest BCUT2D eigenvalue weighted by atomic mass is 16.2. The standard InChI is InChI=1S/C17H27N3O/c1-13-4-6-14(7-5-13)10-19-16(21)11-20-9-8-15(18)17(2,3)12-20/h4-7,15H,8-12,18H2,1-3H3,(H,19,21). The summed E-state index contributed by atoms with van der Waals surface area (Å²) in [6, 6.07) is 8.47. The fourth-order valence-electron chi connectivity index (χ4n) is 2.79. The summed E-state index contributed by atoms with van der Waals surface area (Å²) >= 11 is 0. The number of nitrogens with two attached hydrogens (primary N) is 1. The summed E-state index contributed by atoms with van der Waals surface area (Å²) in [6.07, 6.45) is 0.957. The van der Waals surface area contributed by atoms with Crippen LogP contribution in [0.2, 0.25) is 0 Å². The third-order valence-corrected chi connectivity index (χ3v) is 4.37. The van der Waals surface area contributed by atoms with Crippen LogP contribution in [0.4, 0.5) is 0 Å². The van der Waals surface area contributed by atoms with Crippen LogP contribution in [0.1, 0.15) is 31.4 Å². The fourth-order valence-corrected chi connectivity index (χ4v) is 2.79. The minimum atomic E-state index is 0.0789. The molecule has 2 rings (SSSR count). The lowest BCUT2D eigenvalue weighted by atomic mass is 9.80. The monoisotopic (exact) mass is 289 g/mol. The van der Waals surface area contributed by atoms with Crippen molar-refractivity contribution in [2.45, 2.75) is 39.8 Å². The summed E-state index contributed by atoms with van der Waals surface area (Å²) in [5.74, 6) is 0.0850. The Morgan fingerprint density at radius 3 is 2.67 bits per heavy atom. The molecular formula is C17H27N3O. The summed E-state index contributed by atoms with van der Waals surface area (Å²) < 4.78 is 0. The minimum Gasteiger partial charge on any atom is -0.351 e. The van der Waals surface area contributed by atoms with Crippen LogP contribution < -0.4 is 11.1 Å². The van der Waals surface area contributed by atoms with Crippen LogP contribution in [0.3, 0.4) is 0 Å². The van der Waals surface area contributed by atoms with Gasteiger partial charge in [0.2, 0.25) is 5.91 Å². The average molecular weight is 289 g/mol. The van der Waals surface area contributed by atoms with Crippen molar-refractivity contribution in [2.75, 3.05) is 19.6 Å². The zero-order valence-corrected chi connectivity index (χ0v) is 13.4. The van der Waals surface area contributed by atoms with Gasteiger partial charge in [-0.05, 0) is 24.3 Å². The van der Waals surface area contributed by atoms with Crippen molar-refractivity contribution >= 4 is 5.91 Å². The third-order valence-electron chi connectivity index (χ3n) is 4.37. The van der Waals surface area contributed by atoms with Crippen LogP contribution in [-0.4, -0.2) is 36.5 Å². The van der Waals surface area contributed by atoms with Crippen LogP contribution >= 0.6 is 0 Å². The number of likely N-dealkylation sites (tertiary alicyclic amines) is 1. The van der Waals surface area contributed by atoms with Gasteiger partial charge in [-0.15, -0.1) is 0 Å². The van der Waals surface area contributed by atoms with Gasteiger partial charge in [0.15, 0.2) is 0 Å². The third kappa shape index (κ3) is 4.55. The summed E-state index contributed by atoms with van der Waals surface area (Å²) in [5.41, 5.74) is 8.57. The van der Waals surface area contributed by atoms with E-state index in [1.54, 1.807) is 0 Å². The summed E-state index contributed by atoms with van der Waals surface area (Å²) in [4.78, 5) is 14.3. The van der Waals surface area contributed by atoms with Crippen LogP contribution in [-0.2, 0) is 11.3 Å². The number of carbonyl (C=O) groups is 1. The Morgan fingerprint density at radius 2 is 2.05 bits per heavy atom. The number of piperidine rings is 1. The molecule has 0 radical (unpaired) electrons. The second kappa shape index (κ2) is 6.58. The van der Waals surface area contributed by atoms with E-state index in [1.807, 2.05) is 0 Å². The van der Waals surface area contributed by atoms with E-state index < -0.39 is 0 Å². The number of hydrogen-bond donors (Lipinski definition) is 2. The summed E-state index contributed by atoms with van der Waals surface area (Å²) in [6.45, 7) is 9.25. The zero-order chi connectivity index (χ0) is 15.5. The van der Waals surface area contributed by atoms with Crippen LogP contribution in [0, 0.1) is 12.3 Å². The van der Waals surface area contributed by atoms with E-state index in [9.17, 15) is 4.79 Å². The molecule has 1 amide bonds. The van der Waals surface area contributed by atoms with Gasteiger partial charge in [0, 0.05) is 25.7 Å². The molecule has 0 saturated carbocycles. The summed E-state index contributed by atoms with van der Waals surface area (Å²) in [5, 5.41) is 2.99. The Balaban J connectivity index is 1.78. The van der Waals surface area contributed by atoms with Gasteiger partial charge in [0.05, 0.1) is 6.54 Å². The van der Waals surface area contributed by atoms with Crippen LogP contribution in [0.25, 0.3) is 0 Å². The highest BCUT2D eigenvalue weighted by Crippen LogP contribution is 2.27. The number of amides is 1. The molecular weight excluding hydrogens is 262 g/mol. The van der Waals surface area contributed by atoms with Gasteiger partial charge in [-0.25, -0.2) is 0 Å². The molecule has 1 heterocycles. The highest BCUT2D eigenvalue weighted by molar-refractivity contribution is 5.78. The predicted molar refractivity (Wildman–Crippen MR) is 85.8 cm³/mol. The molecule has 116 valence electrons. The lowest BCUT2D eigenvalue weighted by molar-refractivity contribution is -0.123. The molecule has 0 spiro atoms. The van der Waals surface area contributed by atoms with Crippen molar-refractivity contribution < 1.29 is 4.79 Å². The molecule has 1 aromatic rings. The van der Waals surface area contributed by atoms with E-state index in [4.69, 9.17) is 5.73 Å². The molecule has 1 aromatic carbocycles. The molecule has 4 nitrogen and oxygen atoms in total. The van der Waals surface area contributed by atoms with Crippen molar-refractivity contribution in [2.24, 2.45) is 11.1 Å². The molecule has 1 saturated heterocycles. The van der Waals surface area contributed by atoms with E-state index in [0.29, 0.717) is 13.1 Å². The number of carbonyl (C=O) groups excluding carboxylic acids is 1. The molecule has 21 heavy (non-hydrogen) atoms. The molecule has 0 bridgehead atoms. The second-order valence-corrected chi connectivity index (χ2v) is 6.86. The van der Waals surface area contributed by atoms with Crippen LogP contribution in [0.15, 0.2) is 24.3 Å². The van der Waals surface area contributed by atoms with Gasteiger partial charge < -0.3 is 11.1 Å². The van der Waals surface area contributed by atoms with Gasteiger partial charge >= 0.3 is 0 Å². The first kappa shape index (κ1) is 16.0. The van der Waals surface area contributed by atoms with E-state index in [1.165, 1.54) is 5.56 Å². The fraction of sp³-hybridized carbons (Fsp3) is 0.588. The molecule has 4 heteroatoms. The Labute approximate surface area is 127 Å². The van der Waals surface area contributed by atoms with Crippen molar-refractivity contribution in [1.82, 2.24) is 10.2 Å². The first-order valence-electron chi connectivity index (χ1n) is 7.67. The number of nitrogens with zero attached hydrogens (tertiary/aromatic N) is 1. The Hall–Kier alpha value is -1.39. The topological polar surface area (TPSA) is 58.4 Å². The normalized spacial score (nSPS) is 22.0. The van der Waals surface area contributed by atoms with E-state index in [-0.39, 0.29) is 17.4 Å². The SMILES string of the molecule is Cc1ccc(CNC(=O)CN2CCC(N)C(C)(C)C2)cc1. The van der Waals surface area contributed by atoms with Gasteiger partial charge in [0.1, 0.15) is 0 Å². The minimum absolute atomic E-state index is 0.0789. The molecule has 1 atom stereocenters. The molecule has 1 fully saturated rings. The smallest absolute Gasteiger partial charge is 0.234 e. The van der Waals surface area contributed by atoms with Gasteiger partial charge in [-0.1, -0.05) is 43.7 Å². The Kier molecular flexibility index (Phi) is 5.01. The Bertz CT molecular complexity index is 481. The van der Waals surface area contributed by atoms with E-state index in [2.05, 4.69) is 55.3 Å². The Morgan fingerprint density at radius 1 is 1.38 bits per heavy atom. The van der Waals surface area contributed by atoms with Crippen molar-refractivity contribution in [1.29, 1.82) is 0 Å². The summed E-state index contributed by atoms with van der Waals surface area (Å²) in [7, 11) is 0. The highest BCUT2D eigenvalue weighted by Gasteiger charge is 2.33. The number of aryl methyl sites for hydroxylation is 1. The number of nitrogens with one attached hydrogen (secondary N) is 1. The lowest BCUT2D eigenvalue weighted by Crippen LogP contribution is -2.54. The maximum absolute atomic E-state index is 12.1. The molecule has 1 aliphatic heterocycles. The van der Waals surface area contributed by atoms with E-state index >= 15 is 0 Å². The number of rotatable bonds is 4. The molecule has 3 N–H and O–H groups in total. The lowest BCUT2D eigenvalue weighted by Gasteiger charge is -2.42. The van der Waals surface area contributed by atoms with Gasteiger partial charge in [0.25, 0.3) is 0 Å². The van der Waals surface area contributed by atoms with Crippen molar-refractivity contribution in [3.8, 4) is 0 Å². The molecule has 0 aliphatic carbocycles. The molecule has 0 aromatic heterocycles. The first-order chi connectivity index (χ1) is 9.87. The second-order valence-electron chi connectivity index (χ2n) is 6.86. The van der Waals surface area contributed by atoms with Crippen LogP contribution in [0.5, 0.6) is 0 Å². The first-order valence-corrected chi connectivity index (χ1v) is 7.67. The number of benzene rings is 1. The van der Waals surface area contributed by atoms with Crippen molar-refractivity contribution in [3.05, 3.63) is 35.4 Å². The average Bonchev–Trinajstić information content (AvgIpc) is 2.42. The maximum atomic E-state index is 12.1. The number of hydrogen-bond acceptors (Lipinski definition) is 3. The zero-order valence-electron chi connectivity index (χ0n) is 13.4. The molecule has 1 aliphatic rings. The predicted octanol–water partition coefficient (Wildman–Crippen LogP) is 1.67. The van der Waals surface area contributed by atoms with Crippen molar-refractivity contribution in [3.63, 3.8) is 0 Å². The van der Waals surface area contributed by atoms with E-state index in [0.717, 1.165) is 25.1 Å². The maximum Gasteiger partial charge on any atom is 0.234 e. The van der Waals surface area contributed by atoms with Gasteiger partial charge in [-0.3, -0.25) is 9.69 Å².